The summed E-state index contributed by atoms with van der Waals surface area (Å²) in [5, 5.41) is 11.5. The number of amides is 1. The molecule has 1 unspecified atom stereocenters. The first-order valence-electron chi connectivity index (χ1n) is 10.9. The van der Waals surface area contributed by atoms with E-state index in [1.807, 2.05) is 24.6 Å². The Balaban J connectivity index is 1.55. The molecule has 1 N–H and O–H groups in total. The molecule has 0 aliphatic carbocycles. The number of nitrogens with one attached hydrogen (secondary N) is 1. The molecule has 0 saturated heterocycles. The Kier molecular flexibility index (Phi) is 6.25. The lowest BCUT2D eigenvalue weighted by Crippen LogP contribution is -2.19. The fraction of sp³-hybridized carbons (Fsp3) is 0.348. The van der Waals surface area contributed by atoms with E-state index in [2.05, 4.69) is 44.4 Å². The molecule has 4 aromatic heterocycles. The summed E-state index contributed by atoms with van der Waals surface area (Å²) in [7, 11) is 0. The Morgan fingerprint density at radius 1 is 1.09 bits per heavy atom. The van der Waals surface area contributed by atoms with Gasteiger partial charge >= 0.3 is 0 Å². The van der Waals surface area contributed by atoms with Crippen molar-refractivity contribution in [2.24, 2.45) is 0 Å². The first-order valence-corrected chi connectivity index (χ1v) is 10.9. The molecule has 0 bridgehead atoms. The van der Waals surface area contributed by atoms with Gasteiger partial charge in [0.2, 0.25) is 5.91 Å². The van der Waals surface area contributed by atoms with Crippen LogP contribution in [0.4, 0.5) is 5.69 Å². The molecular formula is C23H26N8O2. The van der Waals surface area contributed by atoms with E-state index in [9.17, 15) is 9.59 Å². The zero-order chi connectivity index (χ0) is 23.5. The smallest absolute Gasteiger partial charge is 0.246 e. The minimum Gasteiger partial charge on any atom is -0.329 e. The number of anilines is 1. The zero-order valence-corrected chi connectivity index (χ0v) is 19.1. The fourth-order valence-corrected chi connectivity index (χ4v) is 3.49. The Morgan fingerprint density at radius 3 is 2.64 bits per heavy atom. The molecule has 1 amide bonds. The van der Waals surface area contributed by atoms with Crippen molar-refractivity contribution in [1.82, 2.24) is 34.5 Å². The van der Waals surface area contributed by atoms with E-state index in [0.717, 1.165) is 12.1 Å². The normalized spacial score (nSPS) is 12.3. The molecule has 4 rings (SSSR count). The van der Waals surface area contributed by atoms with Crippen LogP contribution < -0.4 is 5.32 Å². The van der Waals surface area contributed by atoms with Crippen LogP contribution in [0.25, 0.3) is 11.0 Å². The summed E-state index contributed by atoms with van der Waals surface area (Å²) >= 11 is 0. The van der Waals surface area contributed by atoms with Gasteiger partial charge in [0.05, 0.1) is 23.1 Å². The Morgan fingerprint density at radius 2 is 1.91 bits per heavy atom. The number of fused-ring (bicyclic) bond motifs is 1. The molecule has 10 heteroatoms. The zero-order valence-electron chi connectivity index (χ0n) is 19.1. The second kappa shape index (κ2) is 9.27. The second-order valence-electron chi connectivity index (χ2n) is 8.30. The number of carbonyl (C=O) groups excluding carboxylic acids is 2. The van der Waals surface area contributed by atoms with E-state index in [0.29, 0.717) is 27.8 Å². The summed E-state index contributed by atoms with van der Waals surface area (Å²) in [5.74, 6) is -0.271. The quantitative estimate of drug-likeness (QED) is 0.412. The molecule has 33 heavy (non-hydrogen) atoms. The van der Waals surface area contributed by atoms with Gasteiger partial charge in [-0.05, 0) is 25.3 Å². The van der Waals surface area contributed by atoms with Crippen LogP contribution in [0.2, 0.25) is 0 Å². The van der Waals surface area contributed by atoms with Crippen LogP contribution in [0.1, 0.15) is 67.7 Å². The molecule has 170 valence electrons. The predicted octanol–water partition coefficient (Wildman–Crippen LogP) is 3.38. The standard InChI is InChI=1S/C23H26N8O2/c1-5-15(4)31-10-19(18-9-25-13-26-23(18)31)22(33)16-6-17(8-24-7-16)27-21(32)12-30-11-20(14(2)3)28-29-30/h6-11,13-15H,5,12H2,1-4H3,(H,27,32). The number of nitrogens with zero attached hydrogens (tertiary/aromatic N) is 7. The van der Waals surface area contributed by atoms with Crippen LogP contribution in [-0.4, -0.2) is 46.2 Å². The third-order valence-corrected chi connectivity index (χ3v) is 5.54. The van der Waals surface area contributed by atoms with Crippen molar-refractivity contribution in [1.29, 1.82) is 0 Å². The molecule has 0 spiro atoms. The van der Waals surface area contributed by atoms with Crippen molar-refractivity contribution in [2.45, 2.75) is 52.6 Å². The largest absolute Gasteiger partial charge is 0.329 e. The Hall–Kier alpha value is -3.95. The monoisotopic (exact) mass is 446 g/mol. The van der Waals surface area contributed by atoms with Crippen LogP contribution >= 0.6 is 0 Å². The molecule has 0 radical (unpaired) electrons. The molecule has 0 aliphatic heterocycles. The summed E-state index contributed by atoms with van der Waals surface area (Å²) in [4.78, 5) is 38.4. The maximum atomic E-state index is 13.3. The van der Waals surface area contributed by atoms with Crippen LogP contribution in [-0.2, 0) is 11.3 Å². The average Bonchev–Trinajstić information content (AvgIpc) is 3.43. The molecule has 1 atom stereocenters. The number of carbonyl (C=O) groups is 2. The minimum absolute atomic E-state index is 0.0115. The number of pyridine rings is 1. The molecular weight excluding hydrogens is 420 g/mol. The van der Waals surface area contributed by atoms with Crippen LogP contribution in [0.3, 0.4) is 0 Å². The van der Waals surface area contributed by atoms with Gasteiger partial charge in [-0.1, -0.05) is 26.0 Å². The van der Waals surface area contributed by atoms with Gasteiger partial charge in [-0.15, -0.1) is 5.10 Å². The van der Waals surface area contributed by atoms with Crippen molar-refractivity contribution in [3.8, 4) is 0 Å². The summed E-state index contributed by atoms with van der Waals surface area (Å²) in [6, 6.07) is 1.80. The summed E-state index contributed by atoms with van der Waals surface area (Å²) in [6.07, 6.45) is 10.6. The molecule has 4 heterocycles. The van der Waals surface area contributed by atoms with Crippen LogP contribution in [0, 0.1) is 0 Å². The minimum atomic E-state index is -0.289. The van der Waals surface area contributed by atoms with Gasteiger partial charge in [0.1, 0.15) is 18.5 Å². The van der Waals surface area contributed by atoms with Gasteiger partial charge in [0.15, 0.2) is 5.78 Å². The molecule has 4 aromatic rings. The highest BCUT2D eigenvalue weighted by molar-refractivity contribution is 6.16. The number of hydrogen-bond acceptors (Lipinski definition) is 7. The first-order chi connectivity index (χ1) is 15.9. The van der Waals surface area contributed by atoms with Crippen molar-refractivity contribution in [2.75, 3.05) is 5.32 Å². The number of rotatable bonds is 8. The van der Waals surface area contributed by atoms with E-state index < -0.39 is 0 Å². The third-order valence-electron chi connectivity index (χ3n) is 5.54. The highest BCUT2D eigenvalue weighted by Crippen LogP contribution is 2.26. The molecule has 0 fully saturated rings. The number of hydrogen-bond donors (Lipinski definition) is 1. The maximum Gasteiger partial charge on any atom is 0.246 e. The highest BCUT2D eigenvalue weighted by atomic mass is 16.2. The summed E-state index contributed by atoms with van der Waals surface area (Å²) in [5.41, 5.74) is 2.82. The molecule has 0 saturated carbocycles. The predicted molar refractivity (Wildman–Crippen MR) is 123 cm³/mol. The molecule has 0 aliphatic rings. The van der Waals surface area contributed by atoms with Crippen LogP contribution in [0.15, 0.2) is 43.4 Å². The highest BCUT2D eigenvalue weighted by Gasteiger charge is 2.20. The van der Waals surface area contributed by atoms with Crippen LogP contribution in [0.5, 0.6) is 0 Å². The van der Waals surface area contributed by atoms with E-state index in [-0.39, 0.29) is 30.2 Å². The van der Waals surface area contributed by atoms with Gasteiger partial charge in [-0.25, -0.2) is 14.6 Å². The van der Waals surface area contributed by atoms with E-state index >= 15 is 0 Å². The number of ketones is 1. The van der Waals surface area contributed by atoms with E-state index in [1.165, 1.54) is 23.4 Å². The van der Waals surface area contributed by atoms with Gasteiger partial charge in [0, 0.05) is 41.8 Å². The van der Waals surface area contributed by atoms with Crippen molar-refractivity contribution < 1.29 is 9.59 Å². The van der Waals surface area contributed by atoms with Gasteiger partial charge < -0.3 is 9.88 Å². The number of aromatic nitrogens is 7. The lowest BCUT2D eigenvalue weighted by molar-refractivity contribution is -0.116. The lowest BCUT2D eigenvalue weighted by atomic mass is 10.1. The lowest BCUT2D eigenvalue weighted by Gasteiger charge is -2.11. The average molecular weight is 447 g/mol. The van der Waals surface area contributed by atoms with Gasteiger partial charge in [-0.2, -0.15) is 0 Å². The van der Waals surface area contributed by atoms with Gasteiger partial charge in [0.25, 0.3) is 0 Å². The van der Waals surface area contributed by atoms with E-state index in [1.54, 1.807) is 18.5 Å². The van der Waals surface area contributed by atoms with Crippen molar-refractivity contribution in [3.63, 3.8) is 0 Å². The fourth-order valence-electron chi connectivity index (χ4n) is 3.49. The summed E-state index contributed by atoms with van der Waals surface area (Å²) in [6.45, 7) is 8.19. The molecule has 10 nitrogen and oxygen atoms in total. The third kappa shape index (κ3) is 4.64. The Bertz CT molecular complexity index is 1310. The topological polar surface area (TPSA) is 120 Å². The van der Waals surface area contributed by atoms with E-state index in [4.69, 9.17) is 0 Å². The Labute approximate surface area is 191 Å². The molecule has 0 aromatic carbocycles. The van der Waals surface area contributed by atoms with Gasteiger partial charge in [-0.3, -0.25) is 14.6 Å². The maximum absolute atomic E-state index is 13.3. The summed E-state index contributed by atoms with van der Waals surface area (Å²) < 4.78 is 3.48. The second-order valence-corrected chi connectivity index (χ2v) is 8.30. The van der Waals surface area contributed by atoms with Crippen molar-refractivity contribution in [3.05, 3.63) is 60.2 Å². The SMILES string of the molecule is CCC(C)n1cc(C(=O)c2cncc(NC(=O)Cn3cc(C(C)C)nn3)c2)c2cncnc21. The van der Waals surface area contributed by atoms with Crippen molar-refractivity contribution >= 4 is 28.4 Å². The first kappa shape index (κ1) is 22.3.